The molecule has 278 valence electrons. The lowest BCUT2D eigenvalue weighted by Crippen LogP contribution is -2.60. The zero-order chi connectivity index (χ0) is 36.8. The molecule has 6 fully saturated rings. The first-order chi connectivity index (χ1) is 25.6. The SMILES string of the molecule is C/C=C1/CN2CCC34C5=CC(=O)C(c6cc7c(cc6OC)N(C)C6=C(C(=O)OC)CC8(CC)CCCN9CCC67C98)=CC5=N[C@@]23CCC1[C@@H]4C(=O)OC. The maximum Gasteiger partial charge on any atom is 0.335 e. The van der Waals surface area contributed by atoms with Crippen LogP contribution in [0.3, 0.4) is 0 Å². The van der Waals surface area contributed by atoms with Gasteiger partial charge in [-0.25, -0.2) is 4.79 Å². The number of benzene rings is 1. The van der Waals surface area contributed by atoms with E-state index >= 15 is 0 Å². The van der Waals surface area contributed by atoms with Crippen LogP contribution in [-0.2, 0) is 29.3 Å². The quantitative estimate of drug-likeness (QED) is 0.226. The molecule has 8 atom stereocenters. The first-order valence-electron chi connectivity index (χ1n) is 19.7. The summed E-state index contributed by atoms with van der Waals surface area (Å²) in [5, 5.41) is 0. The van der Waals surface area contributed by atoms with E-state index in [-0.39, 0.29) is 35.1 Å². The molecule has 11 rings (SSSR count). The number of anilines is 1. The lowest BCUT2D eigenvalue weighted by atomic mass is 9.53. The average molecular weight is 719 g/mol. The van der Waals surface area contributed by atoms with Gasteiger partial charge in [-0.2, -0.15) is 0 Å². The Balaban J connectivity index is 1.16. The summed E-state index contributed by atoms with van der Waals surface area (Å²) in [5.74, 6) is -0.273. The van der Waals surface area contributed by atoms with E-state index in [9.17, 15) is 14.4 Å². The molecular formula is C43H50N4O6. The predicted molar refractivity (Wildman–Crippen MR) is 201 cm³/mol. The van der Waals surface area contributed by atoms with Crippen molar-refractivity contribution in [3.63, 3.8) is 0 Å². The van der Waals surface area contributed by atoms with E-state index in [4.69, 9.17) is 19.2 Å². The molecule has 0 amide bonds. The molecule has 10 nitrogen and oxygen atoms in total. The van der Waals surface area contributed by atoms with Crippen molar-refractivity contribution in [1.82, 2.24) is 9.80 Å². The number of hydrogen-bond donors (Lipinski definition) is 0. The molecule has 7 aliphatic heterocycles. The highest BCUT2D eigenvalue weighted by molar-refractivity contribution is 6.37. The maximum atomic E-state index is 14.7. The molecule has 0 N–H and O–H groups in total. The summed E-state index contributed by atoms with van der Waals surface area (Å²) in [7, 11) is 6.71. The summed E-state index contributed by atoms with van der Waals surface area (Å²) in [6.07, 6.45) is 13.2. The van der Waals surface area contributed by atoms with Gasteiger partial charge in [0.25, 0.3) is 0 Å². The van der Waals surface area contributed by atoms with Crippen molar-refractivity contribution >= 4 is 34.7 Å². The number of esters is 2. The summed E-state index contributed by atoms with van der Waals surface area (Å²) < 4.78 is 17.2. The highest BCUT2D eigenvalue weighted by Gasteiger charge is 2.75. The molecule has 6 unspecified atom stereocenters. The molecule has 0 aromatic heterocycles. The predicted octanol–water partition coefficient (Wildman–Crippen LogP) is 5.37. The Labute approximate surface area is 311 Å². The number of fused-ring (bicyclic) bond motifs is 4. The van der Waals surface area contributed by atoms with Gasteiger partial charge in [-0.15, -0.1) is 0 Å². The van der Waals surface area contributed by atoms with Crippen LogP contribution >= 0.6 is 0 Å². The third kappa shape index (κ3) is 3.73. The zero-order valence-electron chi connectivity index (χ0n) is 31.8. The number of methoxy groups -OCH3 is 3. The third-order valence-corrected chi connectivity index (χ3v) is 15.8. The summed E-state index contributed by atoms with van der Waals surface area (Å²) >= 11 is 0. The fraction of sp³-hybridized carbons (Fsp3) is 0.581. The summed E-state index contributed by atoms with van der Waals surface area (Å²) in [5.41, 5.74) is 6.62. The Morgan fingerprint density at radius 3 is 2.60 bits per heavy atom. The van der Waals surface area contributed by atoms with Crippen LogP contribution in [-0.4, -0.2) is 99.5 Å². The van der Waals surface area contributed by atoms with Crippen molar-refractivity contribution in [2.45, 2.75) is 82.3 Å². The number of ketones is 1. The smallest absolute Gasteiger partial charge is 0.335 e. The highest BCUT2D eigenvalue weighted by atomic mass is 16.5. The minimum Gasteiger partial charge on any atom is -0.496 e. The maximum absolute atomic E-state index is 14.7. The van der Waals surface area contributed by atoms with E-state index in [0.29, 0.717) is 17.7 Å². The largest absolute Gasteiger partial charge is 0.496 e. The summed E-state index contributed by atoms with van der Waals surface area (Å²) in [6.45, 7) is 7.97. The van der Waals surface area contributed by atoms with Crippen molar-refractivity contribution in [2.75, 3.05) is 59.5 Å². The fourth-order valence-corrected chi connectivity index (χ4v) is 13.9. The molecule has 53 heavy (non-hydrogen) atoms. The lowest BCUT2D eigenvalue weighted by molar-refractivity contribution is -0.156. The Morgan fingerprint density at radius 2 is 1.87 bits per heavy atom. The molecule has 1 saturated carbocycles. The normalized spacial score (nSPS) is 39.4. The van der Waals surface area contributed by atoms with E-state index in [1.165, 1.54) is 19.8 Å². The number of likely N-dealkylation sites (N-methyl/N-ethyl adjacent to an activating group) is 1. The molecule has 0 radical (unpaired) electrons. The van der Waals surface area contributed by atoms with Crippen molar-refractivity contribution in [1.29, 1.82) is 0 Å². The van der Waals surface area contributed by atoms with Crippen LogP contribution in [0.15, 0.2) is 57.8 Å². The average Bonchev–Trinajstić information content (AvgIpc) is 3.83. The van der Waals surface area contributed by atoms with E-state index < -0.39 is 22.4 Å². The minimum absolute atomic E-state index is 0.0507. The Bertz CT molecular complexity index is 2080. The molecular weight excluding hydrogens is 668 g/mol. The second kappa shape index (κ2) is 11.0. The number of aliphatic imine (C=N–C) groups is 1. The van der Waals surface area contributed by atoms with E-state index in [1.54, 1.807) is 13.2 Å². The van der Waals surface area contributed by atoms with Gasteiger partial charge in [0.2, 0.25) is 0 Å². The van der Waals surface area contributed by atoms with Gasteiger partial charge in [-0.05, 0) is 112 Å². The van der Waals surface area contributed by atoms with Crippen LogP contribution in [0.1, 0.15) is 76.3 Å². The minimum atomic E-state index is -0.617. The molecule has 5 saturated heterocycles. The number of carbonyl (C=O) groups excluding carboxylic acids is 3. The first-order valence-corrected chi connectivity index (χ1v) is 19.7. The van der Waals surface area contributed by atoms with Crippen molar-refractivity contribution < 1.29 is 28.6 Å². The molecule has 1 aromatic rings. The molecule has 4 bridgehead atoms. The molecule has 2 spiro atoms. The fourth-order valence-electron chi connectivity index (χ4n) is 13.9. The Morgan fingerprint density at radius 1 is 1.04 bits per heavy atom. The van der Waals surface area contributed by atoms with Gasteiger partial charge in [-0.3, -0.25) is 24.4 Å². The van der Waals surface area contributed by atoms with Crippen LogP contribution in [0.5, 0.6) is 5.75 Å². The third-order valence-electron chi connectivity index (χ3n) is 15.8. The number of piperidine rings is 1. The van der Waals surface area contributed by atoms with Gasteiger partial charge in [-0.1, -0.05) is 18.6 Å². The van der Waals surface area contributed by atoms with Gasteiger partial charge in [0, 0.05) is 54.8 Å². The Kier molecular flexibility index (Phi) is 6.98. The van der Waals surface area contributed by atoms with Crippen LogP contribution in [0.4, 0.5) is 5.69 Å². The topological polar surface area (TPSA) is 101 Å². The van der Waals surface area contributed by atoms with Gasteiger partial charge < -0.3 is 19.1 Å². The Hall–Kier alpha value is -4.02. The molecule has 3 aliphatic carbocycles. The standard InChI is InChI=1S/C43H50N4O6/c1-7-24-23-47-17-14-42-29-20-33(48)26(19-31(29)44-43(42,47)12-10-25(24)35(42)38(50)53-6)27-18-30-32(21-34(27)51-4)45(3)36-28(37(49)52-5)22-40(8-2)11-9-15-46-16-13-41(30,36)39(40)46/h7,18-21,25,35,39H,8-17,22-23H2,1-6H3/b24-7-/t25?,35-,39?,40?,41?,42?,43+/m1/s1. The highest BCUT2D eigenvalue weighted by Crippen LogP contribution is 2.71. The summed E-state index contributed by atoms with van der Waals surface area (Å²) in [6, 6.07) is 4.52. The molecule has 10 heteroatoms. The van der Waals surface area contributed by atoms with Gasteiger partial charge in [0.15, 0.2) is 5.78 Å². The van der Waals surface area contributed by atoms with E-state index in [2.05, 4.69) is 53.8 Å². The van der Waals surface area contributed by atoms with Crippen molar-refractivity contribution in [2.24, 2.45) is 27.7 Å². The lowest BCUT2D eigenvalue weighted by Gasteiger charge is -2.56. The molecule has 1 aromatic carbocycles. The van der Waals surface area contributed by atoms with Crippen LogP contribution < -0.4 is 9.64 Å². The monoisotopic (exact) mass is 718 g/mol. The van der Waals surface area contributed by atoms with E-state index in [0.717, 1.165) is 110 Å². The zero-order valence-corrected chi connectivity index (χ0v) is 31.8. The summed E-state index contributed by atoms with van der Waals surface area (Å²) in [4.78, 5) is 55.2. The van der Waals surface area contributed by atoms with Crippen LogP contribution in [0, 0.1) is 22.7 Å². The second-order valence-electron chi connectivity index (χ2n) is 17.0. The first kappa shape index (κ1) is 33.5. The van der Waals surface area contributed by atoms with E-state index in [1.807, 2.05) is 6.08 Å². The van der Waals surface area contributed by atoms with Gasteiger partial charge in [0.05, 0.1) is 49.4 Å². The van der Waals surface area contributed by atoms with Gasteiger partial charge >= 0.3 is 11.9 Å². The second-order valence-corrected chi connectivity index (χ2v) is 17.0. The van der Waals surface area contributed by atoms with Crippen molar-refractivity contribution in [3.05, 3.63) is 63.9 Å². The number of hydrogen-bond acceptors (Lipinski definition) is 10. The molecule has 10 aliphatic rings. The molecule has 7 heterocycles. The number of rotatable bonds is 5. The van der Waals surface area contributed by atoms with Crippen LogP contribution in [0.2, 0.25) is 0 Å². The van der Waals surface area contributed by atoms with Crippen molar-refractivity contribution in [3.8, 4) is 5.75 Å². The number of nitrogens with zero attached hydrogens (tertiary/aromatic N) is 4. The number of ether oxygens (including phenoxy) is 3. The van der Waals surface area contributed by atoms with Crippen LogP contribution in [0.25, 0.3) is 5.57 Å². The number of carbonyl (C=O) groups is 3. The van der Waals surface area contributed by atoms with Gasteiger partial charge in [0.1, 0.15) is 11.4 Å². The number of allylic oxidation sites excluding steroid dienone is 4.